The molecular weight excluding hydrogens is 304 g/mol. The van der Waals surface area contributed by atoms with Crippen molar-refractivity contribution in [3.8, 4) is 6.07 Å². The largest absolute Gasteiger partial charge is 0.376 e. The van der Waals surface area contributed by atoms with Gasteiger partial charge in [0.05, 0.1) is 29.2 Å². The van der Waals surface area contributed by atoms with Crippen molar-refractivity contribution in [1.82, 2.24) is 10.3 Å². The Labute approximate surface area is 140 Å². The van der Waals surface area contributed by atoms with Crippen LogP contribution in [0.5, 0.6) is 0 Å². The number of pyridine rings is 1. The van der Waals surface area contributed by atoms with Crippen LogP contribution in [-0.4, -0.2) is 30.1 Å². The van der Waals surface area contributed by atoms with E-state index in [2.05, 4.69) is 21.7 Å². The second-order valence-electron chi connectivity index (χ2n) is 5.56. The maximum atomic E-state index is 12.1. The number of nitriles is 1. The Morgan fingerprint density at radius 1 is 1.33 bits per heavy atom. The van der Waals surface area contributed by atoms with E-state index >= 15 is 0 Å². The molecule has 6 heteroatoms. The van der Waals surface area contributed by atoms with E-state index in [0.717, 1.165) is 19.4 Å². The lowest BCUT2D eigenvalue weighted by Crippen LogP contribution is -2.32. The first-order chi connectivity index (χ1) is 11.8. The molecule has 24 heavy (non-hydrogen) atoms. The second kappa shape index (κ2) is 7.57. The number of amides is 1. The number of nitrogens with zero attached hydrogens (tertiary/aromatic N) is 2. The van der Waals surface area contributed by atoms with Gasteiger partial charge in [0.15, 0.2) is 0 Å². The number of benzene rings is 1. The van der Waals surface area contributed by atoms with E-state index in [-0.39, 0.29) is 12.0 Å². The van der Waals surface area contributed by atoms with Crippen molar-refractivity contribution in [1.29, 1.82) is 5.26 Å². The molecule has 2 heterocycles. The molecule has 0 bridgehead atoms. The van der Waals surface area contributed by atoms with Crippen LogP contribution in [0.15, 0.2) is 42.6 Å². The lowest BCUT2D eigenvalue weighted by Gasteiger charge is -2.11. The Balaban J connectivity index is 1.60. The Kier molecular flexibility index (Phi) is 5.04. The number of nitrogens with one attached hydrogen (secondary N) is 2. The van der Waals surface area contributed by atoms with Gasteiger partial charge in [0.1, 0.15) is 11.8 Å². The molecule has 122 valence electrons. The van der Waals surface area contributed by atoms with Gasteiger partial charge in [-0.1, -0.05) is 12.1 Å². The average Bonchev–Trinajstić information content (AvgIpc) is 3.14. The van der Waals surface area contributed by atoms with Gasteiger partial charge in [-0.25, -0.2) is 4.98 Å². The van der Waals surface area contributed by atoms with Crippen LogP contribution in [0.2, 0.25) is 0 Å². The SMILES string of the molecule is N#Cc1ccccc1Nc1ccc(C(=O)NCC2CCCO2)nc1. The zero-order valence-corrected chi connectivity index (χ0v) is 13.2. The normalized spacial score (nSPS) is 16.4. The van der Waals surface area contributed by atoms with Crippen LogP contribution in [0.4, 0.5) is 11.4 Å². The average molecular weight is 322 g/mol. The standard InChI is InChI=1S/C18H18N4O2/c19-10-13-4-1-2-6-16(13)22-14-7-8-17(20-11-14)18(23)21-12-15-5-3-9-24-15/h1-2,4,6-8,11,15,22H,3,5,9,12H2,(H,21,23). The third kappa shape index (κ3) is 3.89. The molecule has 0 spiro atoms. The Hall–Kier alpha value is -2.91. The molecule has 2 aromatic rings. The van der Waals surface area contributed by atoms with Crippen molar-refractivity contribution in [3.63, 3.8) is 0 Å². The predicted molar refractivity (Wildman–Crippen MR) is 90.0 cm³/mol. The topological polar surface area (TPSA) is 87.0 Å². The minimum atomic E-state index is -0.213. The Morgan fingerprint density at radius 2 is 2.21 bits per heavy atom. The molecule has 1 aliphatic rings. The number of para-hydroxylation sites is 1. The van der Waals surface area contributed by atoms with Crippen LogP contribution < -0.4 is 10.6 Å². The highest BCUT2D eigenvalue weighted by Crippen LogP contribution is 2.19. The van der Waals surface area contributed by atoms with Crippen molar-refractivity contribution in [2.24, 2.45) is 0 Å². The second-order valence-corrected chi connectivity index (χ2v) is 5.56. The summed E-state index contributed by atoms with van der Waals surface area (Å²) in [5, 5.41) is 15.1. The van der Waals surface area contributed by atoms with Crippen LogP contribution >= 0.6 is 0 Å². The predicted octanol–water partition coefficient (Wildman–Crippen LogP) is 2.61. The molecule has 0 aliphatic carbocycles. The molecule has 2 N–H and O–H groups in total. The highest BCUT2D eigenvalue weighted by atomic mass is 16.5. The third-order valence-electron chi connectivity index (χ3n) is 3.84. The molecule has 1 fully saturated rings. The van der Waals surface area contributed by atoms with Gasteiger partial charge in [0.2, 0.25) is 0 Å². The van der Waals surface area contributed by atoms with Crippen LogP contribution in [0.3, 0.4) is 0 Å². The fraction of sp³-hybridized carbons (Fsp3) is 0.278. The van der Waals surface area contributed by atoms with Gasteiger partial charge in [-0.3, -0.25) is 4.79 Å². The summed E-state index contributed by atoms with van der Waals surface area (Å²) in [5.41, 5.74) is 2.33. The van der Waals surface area contributed by atoms with Crippen molar-refractivity contribution in [3.05, 3.63) is 53.9 Å². The van der Waals surface area contributed by atoms with E-state index < -0.39 is 0 Å². The lowest BCUT2D eigenvalue weighted by molar-refractivity contribution is 0.0854. The Morgan fingerprint density at radius 3 is 2.92 bits per heavy atom. The van der Waals surface area contributed by atoms with Gasteiger partial charge in [-0.2, -0.15) is 5.26 Å². The molecule has 0 saturated carbocycles. The van der Waals surface area contributed by atoms with Gasteiger partial charge >= 0.3 is 0 Å². The van der Waals surface area contributed by atoms with E-state index in [1.807, 2.05) is 18.2 Å². The summed E-state index contributed by atoms with van der Waals surface area (Å²) in [6, 6.07) is 12.8. The molecule has 0 radical (unpaired) electrons. The van der Waals surface area contributed by atoms with Gasteiger partial charge in [0.25, 0.3) is 5.91 Å². The van der Waals surface area contributed by atoms with E-state index in [0.29, 0.717) is 29.2 Å². The van der Waals surface area contributed by atoms with E-state index in [1.165, 1.54) is 0 Å². The summed E-state index contributed by atoms with van der Waals surface area (Å²) in [6.07, 6.45) is 3.71. The molecular formula is C18H18N4O2. The number of rotatable bonds is 5. The maximum Gasteiger partial charge on any atom is 0.269 e. The quantitative estimate of drug-likeness (QED) is 0.883. The molecule has 1 aromatic carbocycles. The first kappa shape index (κ1) is 16.0. The van der Waals surface area contributed by atoms with Crippen molar-refractivity contribution in [2.45, 2.75) is 18.9 Å². The molecule has 1 aromatic heterocycles. The molecule has 6 nitrogen and oxygen atoms in total. The minimum Gasteiger partial charge on any atom is -0.376 e. The van der Waals surface area contributed by atoms with Crippen LogP contribution in [0.1, 0.15) is 28.9 Å². The number of anilines is 2. The number of carbonyl (C=O) groups excluding carboxylic acids is 1. The fourth-order valence-corrected chi connectivity index (χ4v) is 2.55. The summed E-state index contributed by atoms with van der Waals surface area (Å²) >= 11 is 0. The van der Waals surface area contributed by atoms with Gasteiger partial charge in [0, 0.05) is 13.2 Å². The summed E-state index contributed by atoms with van der Waals surface area (Å²) in [4.78, 5) is 16.3. The Bertz CT molecular complexity index is 746. The van der Waals surface area contributed by atoms with Crippen molar-refractivity contribution in [2.75, 3.05) is 18.5 Å². The van der Waals surface area contributed by atoms with E-state index in [4.69, 9.17) is 10.00 Å². The zero-order valence-electron chi connectivity index (χ0n) is 13.2. The molecule has 1 aliphatic heterocycles. The summed E-state index contributed by atoms with van der Waals surface area (Å²) in [5.74, 6) is -0.213. The smallest absolute Gasteiger partial charge is 0.269 e. The van der Waals surface area contributed by atoms with Crippen LogP contribution in [-0.2, 0) is 4.74 Å². The van der Waals surface area contributed by atoms with Crippen molar-refractivity contribution >= 4 is 17.3 Å². The van der Waals surface area contributed by atoms with Crippen LogP contribution in [0.25, 0.3) is 0 Å². The monoisotopic (exact) mass is 322 g/mol. The summed E-state index contributed by atoms with van der Waals surface area (Å²) < 4.78 is 5.48. The minimum absolute atomic E-state index is 0.109. The number of hydrogen-bond acceptors (Lipinski definition) is 5. The van der Waals surface area contributed by atoms with E-state index in [1.54, 1.807) is 24.4 Å². The van der Waals surface area contributed by atoms with E-state index in [9.17, 15) is 4.79 Å². The molecule has 1 amide bonds. The highest BCUT2D eigenvalue weighted by molar-refractivity contribution is 5.92. The highest BCUT2D eigenvalue weighted by Gasteiger charge is 2.17. The van der Waals surface area contributed by atoms with Gasteiger partial charge < -0.3 is 15.4 Å². The lowest BCUT2D eigenvalue weighted by atomic mass is 10.2. The maximum absolute atomic E-state index is 12.1. The molecule has 1 saturated heterocycles. The molecule has 3 rings (SSSR count). The van der Waals surface area contributed by atoms with Crippen LogP contribution in [0, 0.1) is 11.3 Å². The van der Waals surface area contributed by atoms with Crippen molar-refractivity contribution < 1.29 is 9.53 Å². The number of carbonyl (C=O) groups is 1. The first-order valence-corrected chi connectivity index (χ1v) is 7.88. The number of ether oxygens (including phenoxy) is 1. The van der Waals surface area contributed by atoms with Gasteiger partial charge in [-0.05, 0) is 37.1 Å². The number of hydrogen-bond donors (Lipinski definition) is 2. The van der Waals surface area contributed by atoms with Gasteiger partial charge in [-0.15, -0.1) is 0 Å². The number of aromatic nitrogens is 1. The summed E-state index contributed by atoms with van der Waals surface area (Å²) in [7, 11) is 0. The molecule has 1 atom stereocenters. The molecule has 1 unspecified atom stereocenters. The zero-order chi connectivity index (χ0) is 16.8. The third-order valence-corrected chi connectivity index (χ3v) is 3.84. The first-order valence-electron chi connectivity index (χ1n) is 7.88. The fourth-order valence-electron chi connectivity index (χ4n) is 2.55. The summed E-state index contributed by atoms with van der Waals surface area (Å²) in [6.45, 7) is 1.28.